The van der Waals surface area contributed by atoms with E-state index in [1.165, 1.54) is 5.56 Å². The van der Waals surface area contributed by atoms with Crippen LogP contribution in [0.2, 0.25) is 0 Å². The highest BCUT2D eigenvalue weighted by Crippen LogP contribution is 2.26. The van der Waals surface area contributed by atoms with E-state index in [9.17, 15) is 0 Å². The molecule has 0 aliphatic carbocycles. The van der Waals surface area contributed by atoms with Gasteiger partial charge in [-0.15, -0.1) is 34.2 Å². The third kappa shape index (κ3) is 4.45. The fraction of sp³-hybridized carbons (Fsp3) is 0.474. The first-order chi connectivity index (χ1) is 13.2. The molecule has 1 aliphatic heterocycles. The minimum atomic E-state index is 0. The molecule has 8 nitrogen and oxygen atoms in total. The molecule has 28 heavy (non-hydrogen) atoms. The molecule has 0 bridgehead atoms. The van der Waals surface area contributed by atoms with Gasteiger partial charge in [-0.1, -0.05) is 6.07 Å². The van der Waals surface area contributed by atoms with Gasteiger partial charge in [0.25, 0.3) is 0 Å². The number of guanidine groups is 1. The van der Waals surface area contributed by atoms with E-state index in [4.69, 9.17) is 4.99 Å². The quantitative estimate of drug-likeness (QED) is 0.334. The number of aromatic nitrogens is 5. The Kier molecular flexibility index (Phi) is 6.87. The lowest BCUT2D eigenvalue weighted by Crippen LogP contribution is -2.40. The van der Waals surface area contributed by atoms with Crippen LogP contribution in [-0.2, 0) is 13.5 Å². The summed E-state index contributed by atoms with van der Waals surface area (Å²) in [7, 11) is 1.97. The molecule has 0 aromatic carbocycles. The van der Waals surface area contributed by atoms with Gasteiger partial charge in [0.05, 0.1) is 6.20 Å². The van der Waals surface area contributed by atoms with Gasteiger partial charge in [0.15, 0.2) is 11.6 Å². The average molecular weight is 494 g/mol. The number of fused-ring (bicyclic) bond motifs is 1. The van der Waals surface area contributed by atoms with Gasteiger partial charge >= 0.3 is 0 Å². The van der Waals surface area contributed by atoms with Crippen molar-refractivity contribution in [1.82, 2.24) is 34.6 Å². The first-order valence-electron chi connectivity index (χ1n) is 9.55. The second kappa shape index (κ2) is 9.35. The van der Waals surface area contributed by atoms with Crippen LogP contribution >= 0.6 is 24.0 Å². The van der Waals surface area contributed by atoms with Crippen LogP contribution in [0.1, 0.15) is 30.7 Å². The maximum Gasteiger partial charge on any atom is 0.193 e. The molecule has 4 heterocycles. The standard InChI is InChI=1S/C19H26N8.HI/c1-3-20-19(26-11-8-15(14-26)16-12-22-25(2)13-16)21-9-7-18-24-23-17-6-4-5-10-27(17)18;/h4-6,10,12-13,15H,3,7-9,11,14H2,1-2H3,(H,20,21);1H. The lowest BCUT2D eigenvalue weighted by Gasteiger charge is -2.21. The molecule has 1 atom stereocenters. The summed E-state index contributed by atoms with van der Waals surface area (Å²) in [5.41, 5.74) is 2.19. The summed E-state index contributed by atoms with van der Waals surface area (Å²) < 4.78 is 3.90. The van der Waals surface area contributed by atoms with E-state index in [2.05, 4.69) is 38.6 Å². The van der Waals surface area contributed by atoms with Crippen molar-refractivity contribution in [3.8, 4) is 0 Å². The average Bonchev–Trinajstić information content (AvgIpc) is 3.40. The van der Waals surface area contributed by atoms with E-state index in [1.54, 1.807) is 0 Å². The molecule has 1 fully saturated rings. The van der Waals surface area contributed by atoms with E-state index in [1.807, 2.05) is 46.7 Å². The van der Waals surface area contributed by atoms with Crippen molar-refractivity contribution < 1.29 is 0 Å². The van der Waals surface area contributed by atoms with Crippen LogP contribution in [0.25, 0.3) is 5.65 Å². The van der Waals surface area contributed by atoms with E-state index in [0.717, 1.165) is 49.9 Å². The minimum absolute atomic E-state index is 0. The van der Waals surface area contributed by atoms with Gasteiger partial charge in [-0.25, -0.2) is 0 Å². The summed E-state index contributed by atoms with van der Waals surface area (Å²) in [6.07, 6.45) is 7.99. The number of likely N-dealkylation sites (tertiary alicyclic amines) is 1. The van der Waals surface area contributed by atoms with Crippen LogP contribution in [0.3, 0.4) is 0 Å². The number of pyridine rings is 1. The van der Waals surface area contributed by atoms with Crippen LogP contribution in [0.15, 0.2) is 41.8 Å². The Morgan fingerprint density at radius 2 is 2.21 bits per heavy atom. The molecule has 1 aliphatic rings. The summed E-state index contributed by atoms with van der Waals surface area (Å²) in [6, 6.07) is 5.93. The molecule has 0 radical (unpaired) electrons. The Labute approximate surface area is 182 Å². The summed E-state index contributed by atoms with van der Waals surface area (Å²) in [5, 5.41) is 16.2. The van der Waals surface area contributed by atoms with E-state index in [0.29, 0.717) is 12.5 Å². The summed E-state index contributed by atoms with van der Waals surface area (Å²) in [6.45, 7) is 5.65. The van der Waals surface area contributed by atoms with Crippen molar-refractivity contribution in [3.05, 3.63) is 48.2 Å². The molecule has 150 valence electrons. The number of hydrogen-bond donors (Lipinski definition) is 1. The van der Waals surface area contributed by atoms with Crippen molar-refractivity contribution in [2.75, 3.05) is 26.2 Å². The van der Waals surface area contributed by atoms with Crippen molar-refractivity contribution >= 4 is 35.6 Å². The van der Waals surface area contributed by atoms with Crippen molar-refractivity contribution in [2.45, 2.75) is 25.7 Å². The first kappa shape index (κ1) is 20.6. The topological polar surface area (TPSA) is 75.6 Å². The third-order valence-electron chi connectivity index (χ3n) is 5.00. The Bertz CT molecular complexity index is 931. The molecule has 0 amide bonds. The molecule has 1 unspecified atom stereocenters. The number of halogens is 1. The van der Waals surface area contributed by atoms with Crippen LogP contribution in [0, 0.1) is 0 Å². The van der Waals surface area contributed by atoms with Gasteiger partial charge in [-0.2, -0.15) is 5.10 Å². The lowest BCUT2D eigenvalue weighted by atomic mass is 10.0. The fourth-order valence-electron chi connectivity index (χ4n) is 3.62. The lowest BCUT2D eigenvalue weighted by molar-refractivity contribution is 0.486. The molecule has 0 spiro atoms. The Morgan fingerprint density at radius 1 is 1.32 bits per heavy atom. The van der Waals surface area contributed by atoms with Gasteiger partial charge < -0.3 is 10.2 Å². The van der Waals surface area contributed by atoms with Gasteiger partial charge in [0.1, 0.15) is 5.82 Å². The Morgan fingerprint density at radius 3 is 3.00 bits per heavy atom. The smallest absolute Gasteiger partial charge is 0.193 e. The molecule has 1 N–H and O–H groups in total. The van der Waals surface area contributed by atoms with Crippen LogP contribution in [0.4, 0.5) is 0 Å². The monoisotopic (exact) mass is 494 g/mol. The fourth-order valence-corrected chi connectivity index (χ4v) is 3.62. The highest BCUT2D eigenvalue weighted by molar-refractivity contribution is 14.0. The number of hydrogen-bond acceptors (Lipinski definition) is 4. The SMILES string of the molecule is CCNC(=NCCc1nnc2ccccn12)N1CCC(c2cnn(C)c2)C1.I. The Hall–Kier alpha value is -2.17. The minimum Gasteiger partial charge on any atom is -0.357 e. The largest absolute Gasteiger partial charge is 0.357 e. The predicted molar refractivity (Wildman–Crippen MR) is 120 cm³/mol. The predicted octanol–water partition coefficient (Wildman–Crippen LogP) is 2.08. The number of aliphatic imine (C=N–C) groups is 1. The van der Waals surface area contributed by atoms with E-state index >= 15 is 0 Å². The zero-order chi connectivity index (χ0) is 18.6. The Balaban J connectivity index is 0.00000225. The zero-order valence-electron chi connectivity index (χ0n) is 16.3. The second-order valence-corrected chi connectivity index (χ2v) is 6.91. The number of nitrogens with one attached hydrogen (secondary N) is 1. The van der Waals surface area contributed by atoms with Crippen LogP contribution < -0.4 is 5.32 Å². The molecular formula is C19H27IN8. The van der Waals surface area contributed by atoms with Crippen molar-refractivity contribution in [1.29, 1.82) is 0 Å². The first-order valence-corrected chi connectivity index (χ1v) is 9.55. The highest BCUT2D eigenvalue weighted by atomic mass is 127. The molecular weight excluding hydrogens is 467 g/mol. The maximum absolute atomic E-state index is 4.84. The van der Waals surface area contributed by atoms with Crippen molar-refractivity contribution in [2.24, 2.45) is 12.0 Å². The molecule has 0 saturated carbocycles. The molecule has 3 aromatic heterocycles. The molecule has 1 saturated heterocycles. The summed E-state index contributed by atoms with van der Waals surface area (Å²) >= 11 is 0. The molecule has 3 aromatic rings. The number of aryl methyl sites for hydroxylation is 1. The van der Waals surface area contributed by atoms with Gasteiger partial charge in [0, 0.05) is 58.0 Å². The summed E-state index contributed by atoms with van der Waals surface area (Å²) in [5.74, 6) is 2.44. The van der Waals surface area contributed by atoms with Crippen molar-refractivity contribution in [3.63, 3.8) is 0 Å². The maximum atomic E-state index is 4.84. The third-order valence-corrected chi connectivity index (χ3v) is 5.00. The zero-order valence-corrected chi connectivity index (χ0v) is 18.7. The normalized spacial score (nSPS) is 17.1. The van der Waals surface area contributed by atoms with Crippen LogP contribution in [0.5, 0.6) is 0 Å². The van der Waals surface area contributed by atoms with Gasteiger partial charge in [-0.3, -0.25) is 14.1 Å². The number of rotatable bonds is 5. The van der Waals surface area contributed by atoms with Gasteiger partial charge in [0.2, 0.25) is 0 Å². The molecule has 9 heteroatoms. The van der Waals surface area contributed by atoms with E-state index in [-0.39, 0.29) is 24.0 Å². The highest BCUT2D eigenvalue weighted by Gasteiger charge is 2.26. The molecule has 4 rings (SSSR count). The second-order valence-electron chi connectivity index (χ2n) is 6.91. The van der Waals surface area contributed by atoms with Gasteiger partial charge in [-0.05, 0) is 31.0 Å². The summed E-state index contributed by atoms with van der Waals surface area (Å²) in [4.78, 5) is 7.19. The number of nitrogens with zero attached hydrogens (tertiary/aromatic N) is 7. The van der Waals surface area contributed by atoms with E-state index < -0.39 is 0 Å². The van der Waals surface area contributed by atoms with Crippen LogP contribution in [-0.4, -0.2) is 61.4 Å².